The highest BCUT2D eigenvalue weighted by Crippen LogP contribution is 2.68. The Morgan fingerprint density at radius 2 is 1.97 bits per heavy atom. The second kappa shape index (κ2) is 6.05. The van der Waals surface area contributed by atoms with Crippen molar-refractivity contribution in [3.63, 3.8) is 0 Å². The Kier molecular flexibility index (Phi) is 3.98. The predicted molar refractivity (Wildman–Crippen MR) is 106 cm³/mol. The summed E-state index contributed by atoms with van der Waals surface area (Å²) >= 11 is 0. The third kappa shape index (κ3) is 2.36. The van der Waals surface area contributed by atoms with Gasteiger partial charge in [0.05, 0.1) is 13.0 Å². The monoisotopic (exact) mass is 398 g/mol. The van der Waals surface area contributed by atoms with Gasteiger partial charge >= 0.3 is 11.9 Å². The largest absolute Gasteiger partial charge is 0.469 e. The lowest BCUT2D eigenvalue weighted by Crippen LogP contribution is -2.53. The van der Waals surface area contributed by atoms with Gasteiger partial charge in [0.25, 0.3) is 0 Å². The van der Waals surface area contributed by atoms with Crippen LogP contribution in [0.15, 0.2) is 23.3 Å². The molecule has 4 aliphatic carbocycles. The summed E-state index contributed by atoms with van der Waals surface area (Å²) < 4.78 is 11.2. The number of hydrogen-bond donors (Lipinski definition) is 0. The number of carbonyl (C=O) groups excluding carboxylic acids is 3. The molecule has 156 valence electrons. The zero-order chi connectivity index (χ0) is 20.6. The number of esters is 2. The van der Waals surface area contributed by atoms with Crippen molar-refractivity contribution in [3.05, 3.63) is 23.3 Å². The normalized spacial score (nSPS) is 45.7. The van der Waals surface area contributed by atoms with Crippen LogP contribution in [0.1, 0.15) is 65.2 Å². The second-order valence-electron chi connectivity index (χ2n) is 10.2. The molecule has 5 heteroatoms. The van der Waals surface area contributed by atoms with Crippen molar-refractivity contribution < 1.29 is 23.9 Å². The Morgan fingerprint density at radius 1 is 1.17 bits per heavy atom. The summed E-state index contributed by atoms with van der Waals surface area (Å²) in [4.78, 5) is 37.1. The van der Waals surface area contributed by atoms with Crippen molar-refractivity contribution in [2.24, 2.45) is 28.6 Å². The van der Waals surface area contributed by atoms with Crippen LogP contribution in [-0.2, 0) is 23.9 Å². The molecule has 0 amide bonds. The number of Topliss-reactive ketones (excluding diaryl/α,β-unsaturated/α-hetero) is 1. The van der Waals surface area contributed by atoms with Gasteiger partial charge in [-0.1, -0.05) is 37.1 Å². The average Bonchev–Trinajstić information content (AvgIpc) is 3.22. The maximum atomic E-state index is 12.9. The van der Waals surface area contributed by atoms with Crippen LogP contribution in [0.4, 0.5) is 0 Å². The Labute approximate surface area is 171 Å². The molecule has 1 saturated heterocycles. The van der Waals surface area contributed by atoms with Gasteiger partial charge in [0.1, 0.15) is 11.4 Å². The highest BCUT2D eigenvalue weighted by atomic mass is 16.6. The molecule has 5 nitrogen and oxygen atoms in total. The summed E-state index contributed by atoms with van der Waals surface area (Å²) in [6.07, 6.45) is 10.2. The lowest BCUT2D eigenvalue weighted by atomic mass is 9.49. The van der Waals surface area contributed by atoms with Crippen molar-refractivity contribution >= 4 is 17.7 Å². The van der Waals surface area contributed by atoms with Gasteiger partial charge in [-0.15, -0.1) is 0 Å². The Morgan fingerprint density at radius 3 is 2.66 bits per heavy atom. The van der Waals surface area contributed by atoms with Crippen LogP contribution in [0.3, 0.4) is 0 Å². The number of allylic oxidation sites excluding steroid dienone is 3. The zero-order valence-corrected chi connectivity index (χ0v) is 17.6. The molecule has 3 fully saturated rings. The summed E-state index contributed by atoms with van der Waals surface area (Å²) in [5.41, 5.74) is 1.71. The first-order chi connectivity index (χ1) is 13.7. The number of ketones is 1. The second-order valence-corrected chi connectivity index (χ2v) is 10.2. The fourth-order valence-electron chi connectivity index (χ4n) is 7.45. The van der Waals surface area contributed by atoms with Crippen LogP contribution in [0.5, 0.6) is 0 Å². The predicted octanol–water partition coefficient (Wildman–Crippen LogP) is 3.91. The minimum atomic E-state index is -0.398. The van der Waals surface area contributed by atoms with Gasteiger partial charge in [-0.2, -0.15) is 0 Å². The van der Waals surface area contributed by atoms with Crippen molar-refractivity contribution in [2.75, 3.05) is 7.11 Å². The van der Waals surface area contributed by atoms with Crippen LogP contribution in [0, 0.1) is 28.6 Å². The van der Waals surface area contributed by atoms with Crippen molar-refractivity contribution in [2.45, 2.75) is 70.8 Å². The topological polar surface area (TPSA) is 69.7 Å². The smallest absolute Gasteiger partial charge is 0.313 e. The maximum absolute atomic E-state index is 12.9. The third-order valence-electron chi connectivity index (χ3n) is 9.18. The van der Waals surface area contributed by atoms with Gasteiger partial charge in [-0.3, -0.25) is 14.4 Å². The van der Waals surface area contributed by atoms with E-state index in [1.807, 2.05) is 0 Å². The molecule has 2 saturated carbocycles. The third-order valence-corrected chi connectivity index (χ3v) is 9.18. The van der Waals surface area contributed by atoms with E-state index in [9.17, 15) is 14.4 Å². The van der Waals surface area contributed by atoms with Gasteiger partial charge in [-0.25, -0.2) is 0 Å². The number of rotatable bonds is 1. The van der Waals surface area contributed by atoms with E-state index in [0.29, 0.717) is 19.3 Å². The van der Waals surface area contributed by atoms with Crippen LogP contribution < -0.4 is 0 Å². The number of carbonyl (C=O) groups is 3. The molecular weight excluding hydrogens is 368 g/mol. The van der Waals surface area contributed by atoms with E-state index < -0.39 is 5.60 Å². The van der Waals surface area contributed by atoms with Gasteiger partial charge in [0.2, 0.25) is 0 Å². The molecule has 3 unspecified atom stereocenters. The number of ether oxygens (including phenoxy) is 2. The van der Waals surface area contributed by atoms with Crippen molar-refractivity contribution in [1.29, 1.82) is 0 Å². The van der Waals surface area contributed by atoms with E-state index in [4.69, 9.17) is 9.47 Å². The summed E-state index contributed by atoms with van der Waals surface area (Å²) in [7, 11) is 1.45. The zero-order valence-electron chi connectivity index (χ0n) is 17.6. The molecule has 0 aromatic heterocycles. The minimum Gasteiger partial charge on any atom is -0.469 e. The van der Waals surface area contributed by atoms with E-state index in [-0.39, 0.29) is 46.3 Å². The van der Waals surface area contributed by atoms with Gasteiger partial charge in [0.15, 0.2) is 0 Å². The summed E-state index contributed by atoms with van der Waals surface area (Å²) in [6.45, 7) is 4.51. The molecule has 0 aromatic carbocycles. The molecule has 0 radical (unpaired) electrons. The van der Waals surface area contributed by atoms with Crippen LogP contribution in [-0.4, -0.2) is 30.4 Å². The van der Waals surface area contributed by atoms with E-state index in [1.165, 1.54) is 12.7 Å². The summed E-state index contributed by atoms with van der Waals surface area (Å²) in [5.74, 6) is -0.0877. The lowest BCUT2D eigenvalue weighted by molar-refractivity contribution is -0.162. The minimum absolute atomic E-state index is 0.0572. The fourth-order valence-corrected chi connectivity index (χ4v) is 7.45. The molecule has 0 bridgehead atoms. The molecule has 0 N–H and O–H groups in total. The Balaban J connectivity index is 1.63. The number of hydrogen-bond acceptors (Lipinski definition) is 5. The SMILES string of the molecule is COC(=O)[C@@H]1C=C2CC(=O)CC[C@]2(C)C2=CC[C@@]3(C)C(CCC34CCC(=O)O4)C21. The van der Waals surface area contributed by atoms with Gasteiger partial charge in [-0.05, 0) is 38.0 Å². The van der Waals surface area contributed by atoms with Gasteiger partial charge in [0, 0.05) is 36.0 Å². The Hall–Kier alpha value is -1.91. The summed E-state index contributed by atoms with van der Waals surface area (Å²) in [6, 6.07) is 0. The molecule has 6 atom stereocenters. The van der Waals surface area contributed by atoms with E-state index in [0.717, 1.165) is 37.7 Å². The first-order valence-corrected chi connectivity index (χ1v) is 11.0. The molecule has 0 aromatic rings. The summed E-state index contributed by atoms with van der Waals surface area (Å²) in [5, 5.41) is 0. The molecular formula is C24H30O5. The highest BCUT2D eigenvalue weighted by Gasteiger charge is 2.66. The first-order valence-electron chi connectivity index (χ1n) is 11.0. The van der Waals surface area contributed by atoms with Crippen LogP contribution in [0.25, 0.3) is 0 Å². The highest BCUT2D eigenvalue weighted by molar-refractivity contribution is 5.85. The molecule has 1 aliphatic heterocycles. The van der Waals surface area contributed by atoms with E-state index in [1.54, 1.807) is 0 Å². The van der Waals surface area contributed by atoms with Crippen molar-refractivity contribution in [3.8, 4) is 0 Å². The maximum Gasteiger partial charge on any atom is 0.313 e. The number of methoxy groups -OCH3 is 1. The van der Waals surface area contributed by atoms with E-state index in [2.05, 4.69) is 26.0 Å². The quantitative estimate of drug-likeness (QED) is 0.495. The average molecular weight is 398 g/mol. The molecule has 1 spiro atoms. The molecule has 29 heavy (non-hydrogen) atoms. The van der Waals surface area contributed by atoms with E-state index >= 15 is 0 Å². The Bertz CT molecular complexity index is 868. The molecule has 1 heterocycles. The van der Waals surface area contributed by atoms with Gasteiger partial charge < -0.3 is 9.47 Å². The van der Waals surface area contributed by atoms with Crippen molar-refractivity contribution in [1.82, 2.24) is 0 Å². The molecule has 5 aliphatic rings. The lowest BCUT2D eigenvalue weighted by Gasteiger charge is -2.55. The van der Waals surface area contributed by atoms with Crippen LogP contribution in [0.2, 0.25) is 0 Å². The molecule has 5 rings (SSSR count). The number of fused-ring (bicyclic) bond motifs is 6. The first kappa shape index (κ1) is 19.1. The standard InChI is InChI=1S/C24H30O5/c1-22-8-4-15(25)12-14(22)13-16(21(27)28-3)20-17(22)5-9-23(2)18(20)6-10-24(23)11-7-19(26)29-24/h5,13,16,18,20H,4,6-12H2,1-3H3/t16-,18?,20?,22+,23+,24?/m1/s1. The fraction of sp³-hybridized carbons (Fsp3) is 0.708. The van der Waals surface area contributed by atoms with Crippen LogP contribution >= 0.6 is 0 Å².